The number of ether oxygens (including phenoxy) is 2. The van der Waals surface area contributed by atoms with Crippen molar-refractivity contribution in [3.63, 3.8) is 0 Å². The lowest BCUT2D eigenvalue weighted by Crippen LogP contribution is -2.67. The largest absolute Gasteiger partial charge is 0.466 e. The van der Waals surface area contributed by atoms with E-state index in [9.17, 15) is 14.4 Å². The van der Waals surface area contributed by atoms with Crippen molar-refractivity contribution in [3.8, 4) is 0 Å². The Morgan fingerprint density at radius 1 is 0.976 bits per heavy atom. The number of allylic oxidation sites excluding steroid dienone is 2. The number of fused-ring (bicyclic) bond motifs is 7. The molecule has 0 spiro atoms. The van der Waals surface area contributed by atoms with Crippen LogP contribution >= 0.6 is 0 Å². The van der Waals surface area contributed by atoms with Gasteiger partial charge in [0, 0.05) is 11.3 Å². The minimum Gasteiger partial charge on any atom is -0.466 e. The number of nitrogens with two attached hydrogens (primary N) is 1. The first kappa shape index (κ1) is 30.8. The van der Waals surface area contributed by atoms with Gasteiger partial charge in [0.2, 0.25) is 0 Å². The van der Waals surface area contributed by atoms with E-state index in [2.05, 4.69) is 54.5 Å². The average molecular weight is 570 g/mol. The van der Waals surface area contributed by atoms with Crippen LogP contribution in [0, 0.1) is 50.2 Å². The summed E-state index contributed by atoms with van der Waals surface area (Å²) in [7, 11) is 0. The summed E-state index contributed by atoms with van der Waals surface area (Å²) in [5, 5.41) is 0. The van der Waals surface area contributed by atoms with Crippen molar-refractivity contribution >= 4 is 17.7 Å². The van der Waals surface area contributed by atoms with E-state index in [1.165, 1.54) is 5.57 Å². The van der Waals surface area contributed by atoms with Crippen LogP contribution in [0.3, 0.4) is 0 Å². The summed E-state index contributed by atoms with van der Waals surface area (Å²) >= 11 is 0. The fraction of sp³-hybridized carbons (Fsp3) is 0.857. The van der Waals surface area contributed by atoms with Gasteiger partial charge in [-0.15, -0.1) is 0 Å². The minimum atomic E-state index is -0.639. The summed E-state index contributed by atoms with van der Waals surface area (Å²) in [6.45, 7) is 20.1. The van der Waals surface area contributed by atoms with E-state index in [1.54, 1.807) is 6.92 Å². The summed E-state index contributed by atoms with van der Waals surface area (Å²) in [5.41, 5.74) is 6.07. The quantitative estimate of drug-likeness (QED) is 0.375. The molecular formula is C35H55NO5. The highest BCUT2D eigenvalue weighted by molar-refractivity contribution is 5.95. The molecule has 10 atom stereocenters. The molecule has 0 aliphatic heterocycles. The van der Waals surface area contributed by atoms with Crippen molar-refractivity contribution in [1.82, 2.24) is 0 Å². The Labute approximate surface area is 247 Å². The number of hydrogen-bond acceptors (Lipinski definition) is 6. The lowest BCUT2D eigenvalue weighted by molar-refractivity contribution is -0.211. The van der Waals surface area contributed by atoms with Crippen molar-refractivity contribution in [2.45, 2.75) is 132 Å². The highest BCUT2D eigenvalue weighted by atomic mass is 16.5. The molecule has 0 radical (unpaired) electrons. The van der Waals surface area contributed by atoms with Crippen LogP contribution in [0.4, 0.5) is 0 Å². The van der Waals surface area contributed by atoms with Crippen LogP contribution in [0.2, 0.25) is 0 Å². The molecule has 0 saturated heterocycles. The smallest absolute Gasteiger partial charge is 0.322 e. The summed E-state index contributed by atoms with van der Waals surface area (Å²) in [6, 6.07) is -0.639. The molecule has 5 aliphatic rings. The molecule has 5 rings (SSSR count). The van der Waals surface area contributed by atoms with Gasteiger partial charge in [-0.3, -0.25) is 14.4 Å². The maximum atomic E-state index is 14.6. The molecule has 41 heavy (non-hydrogen) atoms. The Bertz CT molecular complexity index is 1160. The maximum absolute atomic E-state index is 14.6. The summed E-state index contributed by atoms with van der Waals surface area (Å²) in [5.74, 6) is 0.261. The zero-order valence-corrected chi connectivity index (χ0v) is 27.2. The van der Waals surface area contributed by atoms with Gasteiger partial charge in [0.1, 0.15) is 12.1 Å². The second-order valence-electron chi connectivity index (χ2n) is 16.5. The van der Waals surface area contributed by atoms with Gasteiger partial charge in [-0.05, 0) is 118 Å². The zero-order chi connectivity index (χ0) is 30.4. The fourth-order valence-corrected chi connectivity index (χ4v) is 11.1. The van der Waals surface area contributed by atoms with Crippen molar-refractivity contribution in [2.75, 3.05) is 6.61 Å². The zero-order valence-electron chi connectivity index (χ0n) is 27.2. The highest BCUT2D eigenvalue weighted by Crippen LogP contribution is 2.75. The lowest BCUT2D eigenvalue weighted by atomic mass is 9.33. The van der Waals surface area contributed by atoms with Crippen LogP contribution in [-0.4, -0.2) is 36.5 Å². The molecular weight excluding hydrogens is 514 g/mol. The predicted octanol–water partition coefficient (Wildman–Crippen LogP) is 6.79. The molecule has 0 amide bonds. The Hall–Kier alpha value is -1.69. The van der Waals surface area contributed by atoms with E-state index < -0.39 is 11.5 Å². The minimum absolute atomic E-state index is 0.0729. The first-order valence-corrected chi connectivity index (χ1v) is 16.3. The van der Waals surface area contributed by atoms with Crippen molar-refractivity contribution in [3.05, 3.63) is 11.6 Å². The molecule has 0 aromatic heterocycles. The summed E-state index contributed by atoms with van der Waals surface area (Å²) in [6.07, 6.45) is 10.3. The van der Waals surface area contributed by atoms with E-state index in [0.717, 1.165) is 57.8 Å². The summed E-state index contributed by atoms with van der Waals surface area (Å²) < 4.78 is 11.5. The van der Waals surface area contributed by atoms with E-state index in [-0.39, 0.29) is 68.7 Å². The summed E-state index contributed by atoms with van der Waals surface area (Å²) in [4.78, 5) is 40.2. The molecule has 6 nitrogen and oxygen atoms in total. The monoisotopic (exact) mass is 569 g/mol. The second kappa shape index (κ2) is 9.66. The second-order valence-corrected chi connectivity index (χ2v) is 16.5. The molecule has 4 saturated carbocycles. The van der Waals surface area contributed by atoms with Crippen LogP contribution in [0.5, 0.6) is 0 Å². The molecule has 0 heterocycles. The molecule has 0 bridgehead atoms. The molecule has 0 aromatic rings. The van der Waals surface area contributed by atoms with Gasteiger partial charge in [0.15, 0.2) is 5.78 Å². The van der Waals surface area contributed by atoms with E-state index >= 15 is 0 Å². The Kier molecular flexibility index (Phi) is 7.24. The van der Waals surface area contributed by atoms with Gasteiger partial charge in [-0.1, -0.05) is 47.1 Å². The van der Waals surface area contributed by atoms with Crippen molar-refractivity contribution in [1.29, 1.82) is 0 Å². The third-order valence-electron chi connectivity index (χ3n) is 13.9. The number of hydrogen-bond donors (Lipinski definition) is 1. The van der Waals surface area contributed by atoms with Gasteiger partial charge in [-0.25, -0.2) is 0 Å². The standard InChI is InChI=1S/C35H55NO5/c1-10-40-29(39)32(6)16-15-31(5)17-18-34(8)22(23(31)20-32)19-24(37)27-33(7)13-12-26(41-28(38)21(2)36)30(3,4)25(33)11-14-35(27,34)9/h19,21,23,25-27H,10-18,20,36H2,1-9H3/t21-,23+,25+,26+,27-,31-,32+,33+,34-,35-/m1/s1. The third kappa shape index (κ3) is 4.23. The lowest BCUT2D eigenvalue weighted by Gasteiger charge is -2.70. The average Bonchev–Trinajstić information content (AvgIpc) is 2.88. The number of ketones is 1. The van der Waals surface area contributed by atoms with Gasteiger partial charge in [-0.2, -0.15) is 0 Å². The van der Waals surface area contributed by atoms with Gasteiger partial charge >= 0.3 is 11.9 Å². The van der Waals surface area contributed by atoms with Crippen molar-refractivity contribution in [2.24, 2.45) is 56.0 Å². The SMILES string of the molecule is CCOC(=O)[C@@]1(C)CC[C@]2(C)CC[C@]3(C)C(=CC(=O)[C@@H]4[C@@]5(C)CC[C@H](OC(=O)[C@@H](C)N)C(C)(C)[C@@H]5CC[C@]43C)[C@@H]2C1. The Morgan fingerprint density at radius 3 is 2.27 bits per heavy atom. The molecule has 6 heteroatoms. The van der Waals surface area contributed by atoms with Crippen LogP contribution < -0.4 is 5.73 Å². The number of esters is 2. The molecule has 0 aromatic carbocycles. The maximum Gasteiger partial charge on any atom is 0.322 e. The van der Waals surface area contributed by atoms with E-state index in [1.807, 2.05) is 6.92 Å². The molecule has 5 aliphatic carbocycles. The number of carbonyl (C=O) groups excluding carboxylic acids is 3. The topological polar surface area (TPSA) is 95.7 Å². The predicted molar refractivity (Wildman–Crippen MR) is 160 cm³/mol. The molecule has 4 fully saturated rings. The van der Waals surface area contributed by atoms with Crippen LogP contribution in [0.25, 0.3) is 0 Å². The third-order valence-corrected chi connectivity index (χ3v) is 13.9. The highest BCUT2D eigenvalue weighted by Gasteiger charge is 2.70. The van der Waals surface area contributed by atoms with Crippen LogP contribution in [0.15, 0.2) is 11.6 Å². The number of carbonyl (C=O) groups is 3. The van der Waals surface area contributed by atoms with Crippen LogP contribution in [-0.2, 0) is 23.9 Å². The molecule has 230 valence electrons. The van der Waals surface area contributed by atoms with Gasteiger partial charge < -0.3 is 15.2 Å². The van der Waals surface area contributed by atoms with Gasteiger partial charge in [0.25, 0.3) is 0 Å². The normalized spacial score (nSPS) is 47.5. The first-order valence-electron chi connectivity index (χ1n) is 16.3. The first-order chi connectivity index (χ1) is 18.9. The van der Waals surface area contributed by atoms with Gasteiger partial charge in [0.05, 0.1) is 12.0 Å². The molecule has 2 N–H and O–H groups in total. The van der Waals surface area contributed by atoms with Crippen molar-refractivity contribution < 1.29 is 23.9 Å². The Balaban J connectivity index is 1.53. The molecule has 0 unspecified atom stereocenters. The van der Waals surface area contributed by atoms with E-state index in [4.69, 9.17) is 15.2 Å². The van der Waals surface area contributed by atoms with Crippen LogP contribution in [0.1, 0.15) is 120 Å². The number of rotatable bonds is 4. The van der Waals surface area contributed by atoms with E-state index in [0.29, 0.717) is 6.61 Å². The Morgan fingerprint density at radius 2 is 1.63 bits per heavy atom. The fourth-order valence-electron chi connectivity index (χ4n) is 11.1.